The van der Waals surface area contributed by atoms with Gasteiger partial charge in [-0.2, -0.15) is 0 Å². The number of hydrogen-bond acceptors (Lipinski definition) is 4. The smallest absolute Gasteiger partial charge is 0.234 e. The minimum Gasteiger partial charge on any atom is -0.391 e. The fraction of sp³-hybridized carbons (Fsp3) is 0.500. The standard InChI is InChI=1S/C16H22N2O3S/c1-11-3-2-4-13(7-11)18-16(21)10-22-9-15(20)17-8-14(19)12-5-6-12/h2-4,7,12,14,19H,5-6,8-10H2,1H3,(H,17,20)(H,18,21)/t14-/m0/s1. The van der Waals surface area contributed by atoms with E-state index >= 15 is 0 Å². The van der Waals surface area contributed by atoms with Gasteiger partial charge in [0.2, 0.25) is 11.8 Å². The van der Waals surface area contributed by atoms with Crippen molar-refractivity contribution in [3.63, 3.8) is 0 Å². The second-order valence-electron chi connectivity index (χ2n) is 5.62. The molecule has 2 rings (SSSR count). The summed E-state index contributed by atoms with van der Waals surface area (Å²) in [5.41, 5.74) is 1.85. The van der Waals surface area contributed by atoms with E-state index in [-0.39, 0.29) is 23.3 Å². The van der Waals surface area contributed by atoms with Crippen LogP contribution >= 0.6 is 11.8 Å². The van der Waals surface area contributed by atoms with E-state index in [0.717, 1.165) is 24.1 Å². The average molecular weight is 322 g/mol. The van der Waals surface area contributed by atoms with Gasteiger partial charge < -0.3 is 15.7 Å². The molecule has 0 heterocycles. The number of aliphatic hydroxyl groups excluding tert-OH is 1. The molecule has 0 spiro atoms. The van der Waals surface area contributed by atoms with E-state index in [1.54, 1.807) is 0 Å². The molecule has 3 N–H and O–H groups in total. The third-order valence-electron chi connectivity index (χ3n) is 3.44. The largest absolute Gasteiger partial charge is 0.391 e. The first-order valence-corrected chi connectivity index (χ1v) is 8.59. The van der Waals surface area contributed by atoms with Gasteiger partial charge in [0.25, 0.3) is 0 Å². The Balaban J connectivity index is 1.58. The summed E-state index contributed by atoms with van der Waals surface area (Å²) in [6.07, 6.45) is 1.66. The van der Waals surface area contributed by atoms with Crippen molar-refractivity contribution >= 4 is 29.3 Å². The molecule has 1 aliphatic rings. The summed E-state index contributed by atoms with van der Waals surface area (Å²) < 4.78 is 0. The number of benzene rings is 1. The van der Waals surface area contributed by atoms with E-state index in [4.69, 9.17) is 0 Å². The Bertz CT molecular complexity index is 532. The van der Waals surface area contributed by atoms with Crippen molar-refractivity contribution in [1.29, 1.82) is 0 Å². The molecular formula is C16H22N2O3S. The average Bonchev–Trinajstić information content (AvgIpc) is 3.29. The molecule has 1 aromatic carbocycles. The molecule has 1 aromatic rings. The number of anilines is 1. The van der Waals surface area contributed by atoms with Crippen LogP contribution in [0.5, 0.6) is 0 Å². The quantitative estimate of drug-likeness (QED) is 0.678. The van der Waals surface area contributed by atoms with Crippen LogP contribution in [0.1, 0.15) is 18.4 Å². The van der Waals surface area contributed by atoms with E-state index in [9.17, 15) is 14.7 Å². The molecule has 0 bridgehead atoms. The Morgan fingerprint density at radius 1 is 1.32 bits per heavy atom. The van der Waals surface area contributed by atoms with Gasteiger partial charge in [0.15, 0.2) is 0 Å². The Kier molecular flexibility index (Phi) is 6.27. The van der Waals surface area contributed by atoms with E-state index in [1.807, 2.05) is 31.2 Å². The zero-order chi connectivity index (χ0) is 15.9. The van der Waals surface area contributed by atoms with E-state index < -0.39 is 6.10 Å². The highest BCUT2D eigenvalue weighted by atomic mass is 32.2. The van der Waals surface area contributed by atoms with E-state index in [0.29, 0.717) is 12.5 Å². The van der Waals surface area contributed by atoms with Gasteiger partial charge in [0, 0.05) is 12.2 Å². The maximum Gasteiger partial charge on any atom is 0.234 e. The molecule has 0 saturated heterocycles. The van der Waals surface area contributed by atoms with Crippen molar-refractivity contribution < 1.29 is 14.7 Å². The van der Waals surface area contributed by atoms with E-state index in [2.05, 4.69) is 10.6 Å². The third kappa shape index (κ3) is 6.07. The Labute approximate surface area is 134 Å². The fourth-order valence-electron chi connectivity index (χ4n) is 2.07. The van der Waals surface area contributed by atoms with Crippen LogP contribution in [0.15, 0.2) is 24.3 Å². The summed E-state index contributed by atoms with van der Waals surface area (Å²) in [5, 5.41) is 15.1. The normalized spacial score (nSPS) is 15.2. The molecule has 0 aliphatic heterocycles. The lowest BCUT2D eigenvalue weighted by Gasteiger charge is -2.10. The highest BCUT2D eigenvalue weighted by molar-refractivity contribution is 8.00. The molecule has 5 nitrogen and oxygen atoms in total. The molecule has 0 radical (unpaired) electrons. The molecular weight excluding hydrogens is 300 g/mol. The van der Waals surface area contributed by atoms with Crippen LogP contribution in [-0.4, -0.2) is 41.1 Å². The number of nitrogens with one attached hydrogen (secondary N) is 2. The van der Waals surface area contributed by atoms with Crippen LogP contribution in [0.25, 0.3) is 0 Å². The molecule has 120 valence electrons. The summed E-state index contributed by atoms with van der Waals surface area (Å²) in [4.78, 5) is 23.4. The summed E-state index contributed by atoms with van der Waals surface area (Å²) in [6.45, 7) is 2.27. The number of aliphatic hydroxyl groups is 1. The van der Waals surface area contributed by atoms with Crippen LogP contribution in [0.2, 0.25) is 0 Å². The first kappa shape index (κ1) is 16.8. The lowest BCUT2D eigenvalue weighted by molar-refractivity contribution is -0.119. The number of thioether (sulfide) groups is 1. The first-order chi connectivity index (χ1) is 10.5. The van der Waals surface area contributed by atoms with Crippen molar-refractivity contribution in [2.75, 3.05) is 23.4 Å². The van der Waals surface area contributed by atoms with Crippen LogP contribution < -0.4 is 10.6 Å². The highest BCUT2D eigenvalue weighted by Crippen LogP contribution is 2.32. The second kappa shape index (κ2) is 8.19. The van der Waals surface area contributed by atoms with Gasteiger partial charge in [-0.1, -0.05) is 12.1 Å². The van der Waals surface area contributed by atoms with Crippen LogP contribution in [0, 0.1) is 12.8 Å². The summed E-state index contributed by atoms with van der Waals surface area (Å²) >= 11 is 1.26. The molecule has 2 amide bonds. The maximum atomic E-state index is 11.8. The zero-order valence-corrected chi connectivity index (χ0v) is 13.5. The van der Waals surface area contributed by atoms with Gasteiger partial charge in [-0.15, -0.1) is 11.8 Å². The zero-order valence-electron chi connectivity index (χ0n) is 12.7. The topological polar surface area (TPSA) is 78.4 Å². The first-order valence-electron chi connectivity index (χ1n) is 7.43. The monoisotopic (exact) mass is 322 g/mol. The Hall–Kier alpha value is -1.53. The third-order valence-corrected chi connectivity index (χ3v) is 4.38. The van der Waals surface area contributed by atoms with Crippen molar-refractivity contribution in [2.45, 2.75) is 25.9 Å². The van der Waals surface area contributed by atoms with Crippen molar-refractivity contribution in [1.82, 2.24) is 5.32 Å². The predicted octanol–water partition coefficient (Wildman–Crippen LogP) is 1.55. The molecule has 0 aromatic heterocycles. The number of carbonyl (C=O) groups is 2. The maximum absolute atomic E-state index is 11.8. The molecule has 1 saturated carbocycles. The predicted molar refractivity (Wildman–Crippen MR) is 88.9 cm³/mol. The summed E-state index contributed by atoms with van der Waals surface area (Å²) in [6, 6.07) is 7.58. The van der Waals surface area contributed by atoms with Gasteiger partial charge >= 0.3 is 0 Å². The Morgan fingerprint density at radius 2 is 2.05 bits per heavy atom. The van der Waals surface area contributed by atoms with Crippen molar-refractivity contribution in [3.05, 3.63) is 29.8 Å². The van der Waals surface area contributed by atoms with Crippen molar-refractivity contribution in [2.24, 2.45) is 5.92 Å². The Morgan fingerprint density at radius 3 is 2.73 bits per heavy atom. The van der Waals surface area contributed by atoms with Gasteiger partial charge in [-0.05, 0) is 43.4 Å². The summed E-state index contributed by atoms with van der Waals surface area (Å²) in [7, 11) is 0. The molecule has 22 heavy (non-hydrogen) atoms. The van der Waals surface area contributed by atoms with Crippen LogP contribution in [-0.2, 0) is 9.59 Å². The highest BCUT2D eigenvalue weighted by Gasteiger charge is 2.29. The molecule has 1 atom stereocenters. The number of carbonyl (C=O) groups excluding carboxylic acids is 2. The number of rotatable bonds is 8. The van der Waals surface area contributed by atoms with Crippen molar-refractivity contribution in [3.8, 4) is 0 Å². The minimum atomic E-state index is -0.432. The van der Waals surface area contributed by atoms with Gasteiger partial charge in [0.1, 0.15) is 0 Å². The van der Waals surface area contributed by atoms with Gasteiger partial charge in [-0.25, -0.2) is 0 Å². The number of aryl methyl sites for hydroxylation is 1. The molecule has 6 heteroatoms. The number of hydrogen-bond donors (Lipinski definition) is 3. The van der Waals surface area contributed by atoms with Gasteiger partial charge in [-0.3, -0.25) is 9.59 Å². The number of amides is 2. The molecule has 0 unspecified atom stereocenters. The second-order valence-corrected chi connectivity index (χ2v) is 6.60. The fourth-order valence-corrected chi connectivity index (χ4v) is 2.72. The molecule has 1 aliphatic carbocycles. The SMILES string of the molecule is Cc1cccc(NC(=O)CSCC(=O)NC[C@H](O)C2CC2)c1. The van der Waals surface area contributed by atoms with E-state index in [1.165, 1.54) is 11.8 Å². The van der Waals surface area contributed by atoms with Gasteiger partial charge in [0.05, 0.1) is 17.6 Å². The lowest BCUT2D eigenvalue weighted by Crippen LogP contribution is -2.34. The minimum absolute atomic E-state index is 0.124. The summed E-state index contributed by atoms with van der Waals surface area (Å²) in [5.74, 6) is 0.535. The van der Waals surface area contributed by atoms with Crippen LogP contribution in [0.3, 0.4) is 0 Å². The van der Waals surface area contributed by atoms with Crippen LogP contribution in [0.4, 0.5) is 5.69 Å². The lowest BCUT2D eigenvalue weighted by atomic mass is 10.2. The molecule has 1 fully saturated rings.